The first kappa shape index (κ1) is 15.0. The molecule has 0 aromatic carbocycles. The maximum absolute atomic E-state index is 12.1. The van der Waals surface area contributed by atoms with E-state index in [9.17, 15) is 9.59 Å². The second kappa shape index (κ2) is 6.49. The number of carboxylic acid groups (broad SMARTS) is 1. The molecule has 2 N–H and O–H groups in total. The summed E-state index contributed by atoms with van der Waals surface area (Å²) in [5, 5.41) is 21.1. The number of carboxylic acids is 1. The summed E-state index contributed by atoms with van der Waals surface area (Å²) in [6, 6.07) is 3.82. The molecule has 1 saturated heterocycles. The zero-order valence-electron chi connectivity index (χ0n) is 11.5. The molecule has 1 amide bonds. The largest absolute Gasteiger partial charge is 0.480 e. The Hall–Kier alpha value is -1.87. The molecule has 0 saturated carbocycles. The molecule has 1 fully saturated rings. The second-order valence-corrected chi connectivity index (χ2v) is 7.21. The van der Waals surface area contributed by atoms with Crippen molar-refractivity contribution in [3.8, 4) is 0 Å². The number of carbonyl (C=O) groups is 2. The molecule has 0 aliphatic carbocycles. The predicted octanol–water partition coefficient (Wildman–Crippen LogP) is 1.08. The Labute approximate surface area is 134 Å². The van der Waals surface area contributed by atoms with Gasteiger partial charge in [-0.2, -0.15) is 0 Å². The molecule has 1 aliphatic rings. The van der Waals surface area contributed by atoms with Gasteiger partial charge in [-0.3, -0.25) is 9.59 Å². The standard InChI is InChI=1S/C13H14N4O3S2/c18-12(14-8-4-11(13(19)20)22-7-8)10-6-17(16-15-10)5-9-2-1-3-21-9/h1-3,6,8,11H,4-5,7H2,(H,14,18)(H,19,20)/t8-,11-/m0/s1. The molecule has 2 aromatic rings. The van der Waals surface area contributed by atoms with Crippen molar-refractivity contribution in [2.24, 2.45) is 0 Å². The van der Waals surface area contributed by atoms with Crippen LogP contribution in [0.15, 0.2) is 23.7 Å². The molecule has 0 bridgehead atoms. The Morgan fingerprint density at radius 1 is 1.50 bits per heavy atom. The fourth-order valence-corrected chi connectivity index (χ4v) is 4.09. The number of nitrogens with one attached hydrogen (secondary N) is 1. The number of rotatable bonds is 5. The van der Waals surface area contributed by atoms with Crippen LogP contribution >= 0.6 is 23.1 Å². The third-order valence-electron chi connectivity index (χ3n) is 3.28. The van der Waals surface area contributed by atoms with Gasteiger partial charge in [0, 0.05) is 16.7 Å². The molecule has 3 rings (SSSR count). The first-order valence-electron chi connectivity index (χ1n) is 6.69. The first-order valence-corrected chi connectivity index (χ1v) is 8.62. The highest BCUT2D eigenvalue weighted by Gasteiger charge is 2.31. The maximum atomic E-state index is 12.1. The second-order valence-electron chi connectivity index (χ2n) is 4.95. The predicted molar refractivity (Wildman–Crippen MR) is 83.2 cm³/mol. The lowest BCUT2D eigenvalue weighted by Gasteiger charge is -2.09. The van der Waals surface area contributed by atoms with Gasteiger partial charge in [-0.15, -0.1) is 28.2 Å². The Balaban J connectivity index is 1.57. The van der Waals surface area contributed by atoms with Gasteiger partial charge in [-0.1, -0.05) is 11.3 Å². The SMILES string of the molecule is O=C(N[C@@H]1CS[C@H](C(=O)O)C1)c1cn(Cc2cccs2)nn1. The normalized spacial score (nSPS) is 20.9. The molecule has 2 atom stereocenters. The van der Waals surface area contributed by atoms with Gasteiger partial charge in [0.05, 0.1) is 12.7 Å². The van der Waals surface area contributed by atoms with Gasteiger partial charge in [0.15, 0.2) is 5.69 Å². The molecule has 0 spiro atoms. The van der Waals surface area contributed by atoms with Gasteiger partial charge in [0.2, 0.25) is 0 Å². The summed E-state index contributed by atoms with van der Waals surface area (Å²) in [4.78, 5) is 24.1. The quantitative estimate of drug-likeness (QED) is 0.847. The summed E-state index contributed by atoms with van der Waals surface area (Å²) < 4.78 is 1.62. The average Bonchev–Trinajstić information content (AvgIpc) is 3.19. The van der Waals surface area contributed by atoms with Crippen LogP contribution in [-0.2, 0) is 11.3 Å². The molecular formula is C13H14N4O3S2. The van der Waals surface area contributed by atoms with Crippen LogP contribution in [0.3, 0.4) is 0 Å². The topological polar surface area (TPSA) is 97.1 Å². The lowest BCUT2D eigenvalue weighted by Crippen LogP contribution is -2.35. The van der Waals surface area contributed by atoms with Gasteiger partial charge in [0.25, 0.3) is 5.91 Å². The molecule has 1 aliphatic heterocycles. The molecule has 0 radical (unpaired) electrons. The number of nitrogens with zero attached hydrogens (tertiary/aromatic N) is 3. The smallest absolute Gasteiger partial charge is 0.316 e. The summed E-state index contributed by atoms with van der Waals surface area (Å²) in [6.45, 7) is 0.582. The molecule has 116 valence electrons. The van der Waals surface area contributed by atoms with Crippen molar-refractivity contribution >= 4 is 35.0 Å². The molecule has 0 unspecified atom stereocenters. The van der Waals surface area contributed by atoms with Crippen LogP contribution in [0.25, 0.3) is 0 Å². The number of aromatic nitrogens is 3. The highest BCUT2D eigenvalue weighted by atomic mass is 32.2. The number of aliphatic carboxylic acids is 1. The lowest BCUT2D eigenvalue weighted by molar-refractivity contribution is -0.136. The van der Waals surface area contributed by atoms with Crippen LogP contribution in [-0.4, -0.2) is 49.0 Å². The van der Waals surface area contributed by atoms with Crippen molar-refractivity contribution in [3.05, 3.63) is 34.3 Å². The third-order valence-corrected chi connectivity index (χ3v) is 5.53. The summed E-state index contributed by atoms with van der Waals surface area (Å²) in [7, 11) is 0. The average molecular weight is 338 g/mol. The van der Waals surface area contributed by atoms with Crippen LogP contribution in [0.5, 0.6) is 0 Å². The lowest BCUT2D eigenvalue weighted by atomic mass is 10.2. The Morgan fingerprint density at radius 3 is 3.05 bits per heavy atom. The van der Waals surface area contributed by atoms with Gasteiger partial charge in [-0.05, 0) is 17.9 Å². The number of thioether (sulfide) groups is 1. The summed E-state index contributed by atoms with van der Waals surface area (Å²) in [5.41, 5.74) is 0.250. The van der Waals surface area contributed by atoms with Crippen LogP contribution in [0.4, 0.5) is 0 Å². The fourth-order valence-electron chi connectivity index (χ4n) is 2.20. The van der Waals surface area contributed by atoms with Gasteiger partial charge in [-0.25, -0.2) is 4.68 Å². The highest BCUT2D eigenvalue weighted by molar-refractivity contribution is 8.00. The zero-order valence-corrected chi connectivity index (χ0v) is 13.1. The number of carbonyl (C=O) groups excluding carboxylic acids is 1. The van der Waals surface area contributed by atoms with E-state index in [0.717, 1.165) is 4.88 Å². The number of thiophene rings is 1. The van der Waals surface area contributed by atoms with Crippen LogP contribution < -0.4 is 5.32 Å². The van der Waals surface area contributed by atoms with Crippen molar-refractivity contribution in [3.63, 3.8) is 0 Å². The van der Waals surface area contributed by atoms with Crippen molar-refractivity contribution in [1.29, 1.82) is 0 Å². The minimum Gasteiger partial charge on any atom is -0.480 e. The summed E-state index contributed by atoms with van der Waals surface area (Å²) in [6.07, 6.45) is 2.04. The van der Waals surface area contributed by atoms with E-state index in [-0.39, 0.29) is 17.6 Å². The van der Waals surface area contributed by atoms with Gasteiger partial charge in [0.1, 0.15) is 5.25 Å². The maximum Gasteiger partial charge on any atom is 0.316 e. The van der Waals surface area contributed by atoms with Crippen molar-refractivity contribution in [2.45, 2.75) is 24.3 Å². The van der Waals surface area contributed by atoms with E-state index in [2.05, 4.69) is 15.6 Å². The van der Waals surface area contributed by atoms with E-state index in [4.69, 9.17) is 5.11 Å². The fraction of sp³-hybridized carbons (Fsp3) is 0.385. The first-order chi connectivity index (χ1) is 10.6. The van der Waals surface area contributed by atoms with Gasteiger partial charge < -0.3 is 10.4 Å². The van der Waals surface area contributed by atoms with E-state index in [0.29, 0.717) is 18.7 Å². The minimum absolute atomic E-state index is 0.138. The van der Waals surface area contributed by atoms with Crippen molar-refractivity contribution < 1.29 is 14.7 Å². The van der Waals surface area contributed by atoms with Crippen molar-refractivity contribution in [1.82, 2.24) is 20.3 Å². The molecule has 3 heterocycles. The summed E-state index contributed by atoms with van der Waals surface area (Å²) in [5.74, 6) is -0.538. The molecule has 7 nitrogen and oxygen atoms in total. The third kappa shape index (κ3) is 3.47. The number of hydrogen-bond acceptors (Lipinski definition) is 6. The Kier molecular flexibility index (Phi) is 4.44. The molecule has 9 heteroatoms. The number of amides is 1. The number of hydrogen-bond donors (Lipinski definition) is 2. The Morgan fingerprint density at radius 2 is 2.36 bits per heavy atom. The van der Waals surface area contributed by atoms with Crippen LogP contribution in [0.1, 0.15) is 21.8 Å². The molecular weight excluding hydrogens is 324 g/mol. The van der Waals surface area contributed by atoms with E-state index in [1.807, 2.05) is 17.5 Å². The van der Waals surface area contributed by atoms with E-state index < -0.39 is 11.2 Å². The van der Waals surface area contributed by atoms with E-state index in [1.165, 1.54) is 11.8 Å². The molecule has 2 aromatic heterocycles. The van der Waals surface area contributed by atoms with Gasteiger partial charge >= 0.3 is 5.97 Å². The Bertz CT molecular complexity index is 671. The zero-order chi connectivity index (χ0) is 15.5. The van der Waals surface area contributed by atoms with Crippen LogP contribution in [0.2, 0.25) is 0 Å². The monoisotopic (exact) mass is 338 g/mol. The minimum atomic E-state index is -0.830. The van der Waals surface area contributed by atoms with E-state index in [1.54, 1.807) is 22.2 Å². The highest BCUT2D eigenvalue weighted by Crippen LogP contribution is 2.26. The van der Waals surface area contributed by atoms with Crippen molar-refractivity contribution in [2.75, 3.05) is 5.75 Å². The van der Waals surface area contributed by atoms with Crippen LogP contribution in [0, 0.1) is 0 Å². The van der Waals surface area contributed by atoms with E-state index >= 15 is 0 Å². The summed E-state index contributed by atoms with van der Waals surface area (Å²) >= 11 is 2.97. The molecule has 22 heavy (non-hydrogen) atoms.